The number of methoxy groups -OCH3 is 1. The number of hydrogen-bond donors (Lipinski definition) is 2. The van der Waals surface area contributed by atoms with Gasteiger partial charge in [-0.2, -0.15) is 0 Å². The molecule has 3 aliphatic rings. The van der Waals surface area contributed by atoms with E-state index in [9.17, 15) is 13.6 Å². The summed E-state index contributed by atoms with van der Waals surface area (Å²) in [5.74, 6) is -0.0753. The third-order valence-electron chi connectivity index (χ3n) is 7.92. The molecule has 1 amide bonds. The standard InChI is InChI=1S/C30H33F2N7O4/c1-3-30(40)36-23-13-24(27(41-2)14-26(23)38-9-7-37(8-10-38)20-16-42-17-20)35-28-15-29(34-18-33-28)39-25(6-11-43-39)21-12-19(31)4-5-22(21)32/h3-5,12-15,18,20,25H,1,6-11,16-17H2,2H3,(H,36,40)(H,33,34,35)/t25-/m1/s1. The number of nitrogens with one attached hydrogen (secondary N) is 2. The second-order valence-corrected chi connectivity index (χ2v) is 10.5. The molecule has 1 aromatic heterocycles. The third kappa shape index (κ3) is 6.10. The Morgan fingerprint density at radius 2 is 1.91 bits per heavy atom. The second-order valence-electron chi connectivity index (χ2n) is 10.5. The molecule has 4 heterocycles. The Morgan fingerprint density at radius 1 is 1.09 bits per heavy atom. The zero-order valence-electron chi connectivity index (χ0n) is 23.8. The van der Waals surface area contributed by atoms with Gasteiger partial charge in [-0.25, -0.2) is 23.8 Å². The monoisotopic (exact) mass is 593 g/mol. The lowest BCUT2D eigenvalue weighted by molar-refractivity contribution is -0.111. The van der Waals surface area contributed by atoms with Crippen molar-refractivity contribution in [2.45, 2.75) is 18.5 Å². The lowest BCUT2D eigenvalue weighted by Crippen LogP contribution is -2.56. The molecule has 0 spiro atoms. The quantitative estimate of drug-likeness (QED) is 0.354. The van der Waals surface area contributed by atoms with E-state index in [1.165, 1.54) is 23.5 Å². The minimum atomic E-state index is -0.565. The molecular weight excluding hydrogens is 560 g/mol. The molecule has 2 N–H and O–H groups in total. The second kappa shape index (κ2) is 12.5. The molecule has 3 saturated heterocycles. The highest BCUT2D eigenvalue weighted by Gasteiger charge is 2.32. The Kier molecular flexibility index (Phi) is 8.36. The fourth-order valence-corrected chi connectivity index (χ4v) is 5.56. The minimum Gasteiger partial charge on any atom is -0.494 e. The first-order valence-electron chi connectivity index (χ1n) is 14.1. The fraction of sp³-hybridized carbons (Fsp3) is 0.367. The molecule has 0 saturated carbocycles. The third-order valence-corrected chi connectivity index (χ3v) is 7.92. The van der Waals surface area contributed by atoms with Crippen LogP contribution in [0.3, 0.4) is 0 Å². The van der Waals surface area contributed by atoms with E-state index in [4.69, 9.17) is 14.3 Å². The molecule has 3 aromatic rings. The SMILES string of the molecule is C=CC(=O)Nc1cc(Nc2cc(N3OCC[C@@H]3c3cc(F)ccc3F)ncn2)c(OC)cc1N1CCN(C2COC2)CC1. The number of benzene rings is 2. The van der Waals surface area contributed by atoms with E-state index in [1.807, 2.05) is 6.07 Å². The summed E-state index contributed by atoms with van der Waals surface area (Å²) in [6.07, 6.45) is 3.03. The molecule has 0 bridgehead atoms. The lowest BCUT2D eigenvalue weighted by Gasteiger charge is -2.43. The van der Waals surface area contributed by atoms with Crippen LogP contribution in [0.15, 0.2) is 55.4 Å². The van der Waals surface area contributed by atoms with Crippen LogP contribution in [0.5, 0.6) is 5.75 Å². The maximum atomic E-state index is 14.6. The molecule has 6 rings (SSSR count). The summed E-state index contributed by atoms with van der Waals surface area (Å²) in [7, 11) is 1.57. The van der Waals surface area contributed by atoms with Crippen LogP contribution >= 0.6 is 0 Å². The van der Waals surface area contributed by atoms with Crippen LogP contribution in [0.4, 0.5) is 37.5 Å². The van der Waals surface area contributed by atoms with E-state index >= 15 is 0 Å². The number of nitrogens with zero attached hydrogens (tertiary/aromatic N) is 5. The van der Waals surface area contributed by atoms with Gasteiger partial charge in [0.15, 0.2) is 5.82 Å². The first-order chi connectivity index (χ1) is 20.9. The molecular formula is C30H33F2N7O4. The van der Waals surface area contributed by atoms with Gasteiger partial charge >= 0.3 is 0 Å². The summed E-state index contributed by atoms with van der Waals surface area (Å²) in [4.78, 5) is 31.5. The van der Waals surface area contributed by atoms with Crippen LogP contribution < -0.4 is 25.3 Å². The average Bonchev–Trinajstić information content (AvgIpc) is 3.48. The molecule has 43 heavy (non-hydrogen) atoms. The molecule has 13 heteroatoms. The fourth-order valence-electron chi connectivity index (χ4n) is 5.56. The smallest absolute Gasteiger partial charge is 0.247 e. The van der Waals surface area contributed by atoms with E-state index in [-0.39, 0.29) is 11.5 Å². The van der Waals surface area contributed by atoms with Crippen LogP contribution in [-0.2, 0) is 14.4 Å². The van der Waals surface area contributed by atoms with Crippen molar-refractivity contribution in [3.63, 3.8) is 0 Å². The first-order valence-corrected chi connectivity index (χ1v) is 14.1. The van der Waals surface area contributed by atoms with Crippen molar-refractivity contribution in [1.82, 2.24) is 14.9 Å². The number of rotatable bonds is 9. The predicted molar refractivity (Wildman–Crippen MR) is 158 cm³/mol. The highest BCUT2D eigenvalue weighted by Crippen LogP contribution is 2.40. The molecule has 0 radical (unpaired) electrons. The van der Waals surface area contributed by atoms with Crippen molar-refractivity contribution in [1.29, 1.82) is 0 Å². The highest BCUT2D eigenvalue weighted by atomic mass is 19.1. The average molecular weight is 594 g/mol. The number of hydrogen-bond acceptors (Lipinski definition) is 10. The van der Waals surface area contributed by atoms with E-state index in [1.54, 1.807) is 19.2 Å². The number of amides is 1. The van der Waals surface area contributed by atoms with Crippen LogP contribution in [-0.4, -0.2) is 79.9 Å². The van der Waals surface area contributed by atoms with Crippen LogP contribution in [0.1, 0.15) is 18.0 Å². The van der Waals surface area contributed by atoms with Gasteiger partial charge in [0.05, 0.1) is 56.1 Å². The van der Waals surface area contributed by atoms with Crippen molar-refractivity contribution in [2.24, 2.45) is 0 Å². The van der Waals surface area contributed by atoms with Crippen molar-refractivity contribution in [3.05, 3.63) is 72.6 Å². The van der Waals surface area contributed by atoms with Gasteiger partial charge in [-0.15, -0.1) is 0 Å². The molecule has 226 valence electrons. The van der Waals surface area contributed by atoms with Gasteiger partial charge in [0.1, 0.15) is 29.5 Å². The molecule has 11 nitrogen and oxygen atoms in total. The molecule has 2 aromatic carbocycles. The Labute approximate surface area is 248 Å². The van der Waals surface area contributed by atoms with Gasteiger partial charge in [-0.05, 0) is 30.3 Å². The Bertz CT molecular complexity index is 1500. The van der Waals surface area contributed by atoms with Crippen molar-refractivity contribution >= 4 is 34.6 Å². The van der Waals surface area contributed by atoms with E-state index in [0.717, 1.165) is 57.2 Å². The van der Waals surface area contributed by atoms with E-state index in [2.05, 4.69) is 37.0 Å². The zero-order valence-corrected chi connectivity index (χ0v) is 23.8. The lowest BCUT2D eigenvalue weighted by atomic mass is 10.0. The number of halogens is 2. The largest absolute Gasteiger partial charge is 0.494 e. The Hall–Kier alpha value is -4.33. The highest BCUT2D eigenvalue weighted by molar-refractivity contribution is 6.02. The molecule has 0 unspecified atom stereocenters. The summed E-state index contributed by atoms with van der Waals surface area (Å²) in [6, 6.07) is 8.60. The van der Waals surface area contributed by atoms with Gasteiger partial charge in [-0.3, -0.25) is 14.5 Å². The number of piperazine rings is 1. The van der Waals surface area contributed by atoms with Gasteiger partial charge in [0.2, 0.25) is 5.91 Å². The van der Waals surface area contributed by atoms with Crippen molar-refractivity contribution < 1.29 is 27.9 Å². The number of ether oxygens (including phenoxy) is 2. The number of carbonyl (C=O) groups is 1. The summed E-state index contributed by atoms with van der Waals surface area (Å²) in [5, 5.41) is 7.65. The van der Waals surface area contributed by atoms with Crippen molar-refractivity contribution in [3.8, 4) is 5.75 Å². The summed E-state index contributed by atoms with van der Waals surface area (Å²) in [5.41, 5.74) is 2.16. The minimum absolute atomic E-state index is 0.187. The van der Waals surface area contributed by atoms with Gasteiger partial charge in [0, 0.05) is 50.3 Å². The topological polar surface area (TPSA) is 104 Å². The molecule has 3 aliphatic heterocycles. The van der Waals surface area contributed by atoms with Crippen LogP contribution in [0.2, 0.25) is 0 Å². The summed E-state index contributed by atoms with van der Waals surface area (Å²) >= 11 is 0. The number of hydroxylamine groups is 1. The summed E-state index contributed by atoms with van der Waals surface area (Å²) < 4.78 is 39.6. The van der Waals surface area contributed by atoms with Crippen LogP contribution in [0.25, 0.3) is 0 Å². The number of anilines is 5. The molecule has 3 fully saturated rings. The predicted octanol–water partition coefficient (Wildman–Crippen LogP) is 4.04. The maximum absolute atomic E-state index is 14.6. The van der Waals surface area contributed by atoms with Gasteiger partial charge in [0.25, 0.3) is 0 Å². The van der Waals surface area contributed by atoms with Crippen molar-refractivity contribution in [2.75, 3.05) is 73.7 Å². The van der Waals surface area contributed by atoms with E-state index < -0.39 is 17.7 Å². The van der Waals surface area contributed by atoms with E-state index in [0.29, 0.717) is 47.8 Å². The maximum Gasteiger partial charge on any atom is 0.247 e. The molecule has 1 atom stereocenters. The van der Waals surface area contributed by atoms with Gasteiger partial charge in [-0.1, -0.05) is 6.58 Å². The normalized spacial score (nSPS) is 19.2. The van der Waals surface area contributed by atoms with Gasteiger partial charge < -0.3 is 25.0 Å². The number of aromatic nitrogens is 2. The Balaban J connectivity index is 1.26. The first kappa shape index (κ1) is 28.8. The van der Waals surface area contributed by atoms with Crippen LogP contribution in [0, 0.1) is 11.6 Å². The number of carbonyl (C=O) groups excluding carboxylic acids is 1. The summed E-state index contributed by atoms with van der Waals surface area (Å²) in [6.45, 7) is 8.77. The molecule has 0 aliphatic carbocycles. The zero-order chi connectivity index (χ0) is 29.9. The Morgan fingerprint density at radius 3 is 2.63 bits per heavy atom.